The van der Waals surface area contributed by atoms with E-state index in [-0.39, 0.29) is 49.1 Å². The van der Waals surface area contributed by atoms with Crippen LogP contribution in [0.1, 0.15) is 55.6 Å². The van der Waals surface area contributed by atoms with Crippen LogP contribution in [0.2, 0.25) is 0 Å². The number of amides is 3. The van der Waals surface area contributed by atoms with Gasteiger partial charge in [0.25, 0.3) is 0 Å². The molecule has 1 saturated carbocycles. The Bertz CT molecular complexity index is 1060. The molecule has 8 nitrogen and oxygen atoms in total. The van der Waals surface area contributed by atoms with E-state index < -0.39 is 6.10 Å². The van der Waals surface area contributed by atoms with Crippen molar-refractivity contribution in [1.82, 2.24) is 10.6 Å². The fourth-order valence-electron chi connectivity index (χ4n) is 5.66. The molecule has 2 fully saturated rings. The molecule has 2 aromatic carbocycles. The van der Waals surface area contributed by atoms with Crippen molar-refractivity contribution in [3.05, 3.63) is 59.7 Å². The highest BCUT2D eigenvalue weighted by Gasteiger charge is 2.46. The summed E-state index contributed by atoms with van der Waals surface area (Å²) in [4.78, 5) is 25.1. The Labute approximate surface area is 211 Å². The zero-order chi connectivity index (χ0) is 24.9. The van der Waals surface area contributed by atoms with Crippen LogP contribution in [0.5, 0.6) is 5.75 Å². The van der Waals surface area contributed by atoms with Gasteiger partial charge in [-0.3, -0.25) is 4.79 Å². The van der Waals surface area contributed by atoms with Gasteiger partial charge in [-0.05, 0) is 49.4 Å². The van der Waals surface area contributed by atoms with Crippen LogP contribution in [0.4, 0.5) is 10.5 Å². The fourth-order valence-corrected chi connectivity index (χ4v) is 5.66. The molecule has 1 aliphatic carbocycles. The van der Waals surface area contributed by atoms with Crippen LogP contribution in [-0.4, -0.2) is 54.6 Å². The highest BCUT2D eigenvalue weighted by Crippen LogP contribution is 2.47. The predicted molar refractivity (Wildman–Crippen MR) is 136 cm³/mol. The number of benzene rings is 2. The van der Waals surface area contributed by atoms with Crippen LogP contribution in [0, 0.1) is 0 Å². The second-order valence-electron chi connectivity index (χ2n) is 10.0. The second-order valence-corrected chi connectivity index (χ2v) is 10.0. The molecule has 2 aromatic rings. The highest BCUT2D eigenvalue weighted by atomic mass is 16.6. The van der Waals surface area contributed by atoms with Gasteiger partial charge in [0.2, 0.25) is 5.91 Å². The molecule has 5 rings (SSSR count). The fraction of sp³-hybridized carbons (Fsp3) is 0.500. The number of rotatable bonds is 8. The summed E-state index contributed by atoms with van der Waals surface area (Å²) in [7, 11) is 0. The molecule has 0 unspecified atom stereocenters. The number of fused-ring (bicyclic) bond motifs is 3. The monoisotopic (exact) mass is 493 g/mol. The summed E-state index contributed by atoms with van der Waals surface area (Å²) in [5, 5.41) is 19.0. The molecule has 192 valence electrons. The number of hydrogen-bond acceptors (Lipinski definition) is 5. The number of carbonyl (C=O) groups excluding carboxylic acids is 2. The highest BCUT2D eigenvalue weighted by molar-refractivity contribution is 5.89. The smallest absolute Gasteiger partial charge is 0.319 e. The number of ether oxygens (including phenoxy) is 2. The zero-order valence-corrected chi connectivity index (χ0v) is 20.4. The molecule has 3 amide bonds. The molecule has 8 heteroatoms. The second kappa shape index (κ2) is 11.3. The van der Waals surface area contributed by atoms with Gasteiger partial charge in [-0.25, -0.2) is 4.79 Å². The minimum atomic E-state index is -0.514. The Morgan fingerprint density at radius 3 is 2.64 bits per heavy atom. The van der Waals surface area contributed by atoms with Crippen LogP contribution in [0.3, 0.4) is 0 Å². The van der Waals surface area contributed by atoms with Gasteiger partial charge in [0.1, 0.15) is 18.0 Å². The van der Waals surface area contributed by atoms with E-state index in [9.17, 15) is 14.7 Å². The Morgan fingerprint density at radius 1 is 1.06 bits per heavy atom. The minimum Gasteiger partial charge on any atom is -0.487 e. The zero-order valence-electron chi connectivity index (χ0n) is 20.4. The van der Waals surface area contributed by atoms with Gasteiger partial charge in [-0.15, -0.1) is 0 Å². The van der Waals surface area contributed by atoms with Crippen molar-refractivity contribution in [2.45, 2.75) is 75.2 Å². The Hall–Kier alpha value is -3.10. The van der Waals surface area contributed by atoms with Crippen LogP contribution in [-0.2, 0) is 16.0 Å². The minimum absolute atomic E-state index is 0.0207. The molecule has 4 atom stereocenters. The van der Waals surface area contributed by atoms with E-state index in [2.05, 4.69) is 16.0 Å². The van der Waals surface area contributed by atoms with Crippen LogP contribution in [0.25, 0.3) is 0 Å². The standard InChI is InChI=1S/C28H35N3O5/c32-17-25-27-23(15-21(35-25)16-26(33)29-13-12-18-6-2-1-3-7-18)22-14-20(10-11-24(22)36-27)31-28(34)30-19-8-4-5-9-19/h1-3,6-7,10-11,14,19,21,23,25,27,32H,4-5,8-9,12-13,15-17H2,(H,29,33)(H2,30,31,34)/t21-,23+,25+,27-/m0/s1. The van der Waals surface area contributed by atoms with Gasteiger partial charge >= 0.3 is 6.03 Å². The van der Waals surface area contributed by atoms with E-state index in [0.29, 0.717) is 18.7 Å². The number of nitrogens with one attached hydrogen (secondary N) is 3. The molecule has 0 radical (unpaired) electrons. The topological polar surface area (TPSA) is 109 Å². The van der Waals surface area contributed by atoms with Crippen LogP contribution < -0.4 is 20.7 Å². The first kappa shape index (κ1) is 24.6. The molecule has 0 bridgehead atoms. The lowest BCUT2D eigenvalue weighted by Crippen LogP contribution is -2.47. The van der Waals surface area contributed by atoms with Crippen molar-refractivity contribution < 1.29 is 24.2 Å². The number of aliphatic hydroxyl groups excluding tert-OH is 1. The third kappa shape index (κ3) is 5.82. The van der Waals surface area contributed by atoms with E-state index in [1.807, 2.05) is 48.5 Å². The van der Waals surface area contributed by atoms with E-state index in [1.54, 1.807) is 0 Å². The van der Waals surface area contributed by atoms with Crippen molar-refractivity contribution in [3.63, 3.8) is 0 Å². The lowest BCUT2D eigenvalue weighted by atomic mass is 9.84. The van der Waals surface area contributed by atoms with Crippen molar-refractivity contribution >= 4 is 17.6 Å². The van der Waals surface area contributed by atoms with Crippen molar-refractivity contribution in [3.8, 4) is 5.75 Å². The molecule has 0 aromatic heterocycles. The number of carbonyl (C=O) groups is 2. The molecule has 3 aliphatic rings. The largest absolute Gasteiger partial charge is 0.487 e. The van der Waals surface area contributed by atoms with Crippen molar-refractivity contribution in [2.75, 3.05) is 18.5 Å². The predicted octanol–water partition coefficient (Wildman–Crippen LogP) is 3.49. The van der Waals surface area contributed by atoms with Gasteiger partial charge in [0, 0.05) is 29.8 Å². The Balaban J connectivity index is 1.19. The Morgan fingerprint density at radius 2 is 1.86 bits per heavy atom. The van der Waals surface area contributed by atoms with Gasteiger partial charge in [-0.1, -0.05) is 43.2 Å². The molecular formula is C28H35N3O5. The van der Waals surface area contributed by atoms with Crippen molar-refractivity contribution in [2.24, 2.45) is 0 Å². The third-order valence-electron chi connectivity index (χ3n) is 7.44. The first-order valence-corrected chi connectivity index (χ1v) is 13.0. The molecule has 1 saturated heterocycles. The van der Waals surface area contributed by atoms with E-state index in [0.717, 1.165) is 43.4 Å². The van der Waals surface area contributed by atoms with Crippen molar-refractivity contribution in [1.29, 1.82) is 0 Å². The average Bonchev–Trinajstić information content (AvgIpc) is 3.52. The number of urea groups is 1. The molecule has 4 N–H and O–H groups in total. The van der Waals surface area contributed by atoms with E-state index in [4.69, 9.17) is 9.47 Å². The van der Waals surface area contributed by atoms with Gasteiger partial charge in [0.15, 0.2) is 0 Å². The SMILES string of the molecule is O=C(C[C@@H]1C[C@@H]2c3cc(NC(=O)NC4CCCC4)ccc3O[C@@H]2[C@@H](CO)O1)NCCc1ccccc1. The maximum absolute atomic E-state index is 12.6. The summed E-state index contributed by atoms with van der Waals surface area (Å²) in [5.74, 6) is 0.652. The first-order chi connectivity index (χ1) is 17.6. The quantitative estimate of drug-likeness (QED) is 0.450. The van der Waals surface area contributed by atoms with E-state index >= 15 is 0 Å². The van der Waals surface area contributed by atoms with Gasteiger partial charge in [0.05, 0.1) is 19.1 Å². The maximum Gasteiger partial charge on any atom is 0.319 e. The van der Waals surface area contributed by atoms with Crippen LogP contribution >= 0.6 is 0 Å². The normalized spacial score (nSPS) is 24.9. The third-order valence-corrected chi connectivity index (χ3v) is 7.44. The molecule has 36 heavy (non-hydrogen) atoms. The van der Waals surface area contributed by atoms with E-state index in [1.165, 1.54) is 5.56 Å². The summed E-state index contributed by atoms with van der Waals surface area (Å²) in [6, 6.07) is 15.7. The molecule has 0 spiro atoms. The van der Waals surface area contributed by atoms with Gasteiger partial charge in [-0.2, -0.15) is 0 Å². The summed E-state index contributed by atoms with van der Waals surface area (Å²) in [6.45, 7) is 0.380. The molecule has 2 heterocycles. The molecule has 2 aliphatic heterocycles. The van der Waals surface area contributed by atoms with Crippen LogP contribution in [0.15, 0.2) is 48.5 Å². The maximum atomic E-state index is 12.6. The number of aliphatic hydroxyl groups is 1. The summed E-state index contributed by atoms with van der Waals surface area (Å²) in [6.07, 6.45) is 4.83. The lowest BCUT2D eigenvalue weighted by Gasteiger charge is -2.37. The first-order valence-electron chi connectivity index (χ1n) is 13.0. The number of anilines is 1. The molecular weight excluding hydrogens is 458 g/mol. The average molecular weight is 494 g/mol. The van der Waals surface area contributed by atoms with Gasteiger partial charge < -0.3 is 30.5 Å². The summed E-state index contributed by atoms with van der Waals surface area (Å²) in [5.41, 5.74) is 2.86. The summed E-state index contributed by atoms with van der Waals surface area (Å²) >= 11 is 0. The lowest BCUT2D eigenvalue weighted by molar-refractivity contribution is -0.142. The summed E-state index contributed by atoms with van der Waals surface area (Å²) < 4.78 is 12.2. The Kier molecular flexibility index (Phi) is 7.72. The number of hydrogen-bond donors (Lipinski definition) is 4.